The van der Waals surface area contributed by atoms with E-state index in [9.17, 15) is 24.1 Å². The Morgan fingerprint density at radius 3 is 2.78 bits per heavy atom. The second kappa shape index (κ2) is 7.31. The maximum atomic E-state index is 14.6. The van der Waals surface area contributed by atoms with Crippen molar-refractivity contribution in [2.24, 2.45) is 0 Å². The monoisotopic (exact) mass is 379 g/mol. The Hall–Kier alpha value is -3.01. The van der Waals surface area contributed by atoms with Gasteiger partial charge in [-0.3, -0.25) is 19.7 Å². The third kappa shape index (κ3) is 3.23. The van der Waals surface area contributed by atoms with Crippen LogP contribution in [0.25, 0.3) is 10.9 Å². The van der Waals surface area contributed by atoms with Crippen molar-refractivity contribution in [3.63, 3.8) is 0 Å². The number of anilines is 1. The van der Waals surface area contributed by atoms with E-state index in [0.717, 1.165) is 18.9 Å². The average molecular weight is 379 g/mol. The van der Waals surface area contributed by atoms with Crippen molar-refractivity contribution in [2.75, 3.05) is 25.6 Å². The van der Waals surface area contributed by atoms with Gasteiger partial charge in [-0.15, -0.1) is 0 Å². The van der Waals surface area contributed by atoms with Gasteiger partial charge >= 0.3 is 0 Å². The molecule has 0 amide bonds. The Morgan fingerprint density at radius 1 is 1.56 bits per heavy atom. The van der Waals surface area contributed by atoms with Crippen molar-refractivity contribution in [1.29, 1.82) is 0 Å². The lowest BCUT2D eigenvalue weighted by Gasteiger charge is -2.19. The number of rotatable bonds is 8. The largest absolute Gasteiger partial charge is 0.492 e. The van der Waals surface area contributed by atoms with E-state index in [1.165, 1.54) is 13.3 Å². The van der Waals surface area contributed by atoms with E-state index in [-0.39, 0.29) is 47.9 Å². The van der Waals surface area contributed by atoms with Gasteiger partial charge in [-0.05, 0) is 18.9 Å². The highest BCUT2D eigenvalue weighted by molar-refractivity contribution is 5.92. The Morgan fingerprint density at radius 2 is 2.26 bits per heavy atom. The van der Waals surface area contributed by atoms with E-state index >= 15 is 0 Å². The van der Waals surface area contributed by atoms with Crippen LogP contribution in [0.1, 0.15) is 30.5 Å². The molecule has 1 heterocycles. The van der Waals surface area contributed by atoms with Gasteiger partial charge in [-0.2, -0.15) is 0 Å². The number of carbonyl (C=O) groups is 1. The molecule has 1 aliphatic carbocycles. The zero-order chi connectivity index (χ0) is 19.7. The van der Waals surface area contributed by atoms with Gasteiger partial charge in [0, 0.05) is 23.7 Å². The molecule has 1 aromatic heterocycles. The molecule has 0 spiro atoms. The second-order valence-corrected chi connectivity index (χ2v) is 6.23. The first kappa shape index (κ1) is 18.8. The molecular formula is C17H18FN3O6. The molecule has 1 aliphatic rings. The number of aromatic nitrogens is 1. The van der Waals surface area contributed by atoms with Crippen LogP contribution < -0.4 is 15.5 Å². The molecule has 0 saturated heterocycles. The summed E-state index contributed by atoms with van der Waals surface area (Å²) in [6.07, 6.45) is 2.94. The number of aliphatic hydroxyl groups excluding tert-OH is 1. The topological polar surface area (TPSA) is 124 Å². The minimum atomic E-state index is -1.83. The van der Waals surface area contributed by atoms with E-state index < -0.39 is 22.2 Å². The smallest absolute Gasteiger partial charge is 0.297 e. The van der Waals surface area contributed by atoms with E-state index in [1.807, 2.05) is 0 Å². The lowest BCUT2D eigenvalue weighted by molar-refractivity contribution is -0.511. The van der Waals surface area contributed by atoms with Crippen LogP contribution in [0.4, 0.5) is 10.1 Å². The SMILES string of the molecule is COc1c(NCCO)c(F)cc2c(=O)c(C(C=O)[N+](=O)[O-])cn(C3CC3)c12. The predicted molar refractivity (Wildman–Crippen MR) is 94.4 cm³/mol. The first-order valence-electron chi connectivity index (χ1n) is 8.33. The van der Waals surface area contributed by atoms with Gasteiger partial charge in [-0.25, -0.2) is 4.39 Å². The van der Waals surface area contributed by atoms with Crippen molar-refractivity contribution in [3.8, 4) is 5.75 Å². The molecule has 2 aromatic rings. The van der Waals surface area contributed by atoms with Gasteiger partial charge in [0.25, 0.3) is 6.04 Å². The molecular weight excluding hydrogens is 361 g/mol. The standard InChI is InChI=1S/C17H18FN3O6/c1-27-17-14(19-4-5-22)12(18)6-10-15(17)20(9-2-3-9)7-11(16(10)24)13(8-23)21(25)26/h6-9,13,19,22H,2-5H2,1H3. The molecule has 3 rings (SSSR count). The molecule has 1 atom stereocenters. The number of nitro groups is 1. The van der Waals surface area contributed by atoms with Crippen LogP contribution in [-0.4, -0.2) is 41.1 Å². The maximum absolute atomic E-state index is 14.6. The Kier molecular flexibility index (Phi) is 5.08. The summed E-state index contributed by atoms with van der Waals surface area (Å²) in [4.78, 5) is 34.3. The summed E-state index contributed by atoms with van der Waals surface area (Å²) in [5, 5.41) is 22.8. The van der Waals surface area contributed by atoms with Gasteiger partial charge in [-0.1, -0.05) is 0 Å². The molecule has 2 N–H and O–H groups in total. The van der Waals surface area contributed by atoms with Crippen LogP contribution in [0.2, 0.25) is 0 Å². The third-order valence-corrected chi connectivity index (χ3v) is 4.48. The number of methoxy groups -OCH3 is 1. The number of aldehydes is 1. The number of pyridine rings is 1. The summed E-state index contributed by atoms with van der Waals surface area (Å²) >= 11 is 0. The normalized spacial score (nSPS) is 14.8. The van der Waals surface area contributed by atoms with E-state index in [2.05, 4.69) is 5.32 Å². The van der Waals surface area contributed by atoms with Crippen LogP contribution in [0.3, 0.4) is 0 Å². The van der Waals surface area contributed by atoms with Crippen molar-refractivity contribution in [1.82, 2.24) is 4.57 Å². The molecule has 144 valence electrons. The first-order valence-corrected chi connectivity index (χ1v) is 8.33. The summed E-state index contributed by atoms with van der Waals surface area (Å²) < 4.78 is 21.6. The van der Waals surface area contributed by atoms with Crippen molar-refractivity contribution < 1.29 is 24.0 Å². The highest BCUT2D eigenvalue weighted by Gasteiger charge is 2.33. The molecule has 1 unspecified atom stereocenters. The molecule has 1 aromatic carbocycles. The zero-order valence-electron chi connectivity index (χ0n) is 14.5. The number of hydrogen-bond donors (Lipinski definition) is 2. The van der Waals surface area contributed by atoms with E-state index in [4.69, 9.17) is 9.84 Å². The molecule has 0 aliphatic heterocycles. The van der Waals surface area contributed by atoms with Gasteiger partial charge in [0.05, 0.1) is 30.2 Å². The average Bonchev–Trinajstić information content (AvgIpc) is 3.47. The quantitative estimate of drug-likeness (QED) is 0.404. The molecule has 27 heavy (non-hydrogen) atoms. The van der Waals surface area contributed by atoms with Crippen molar-refractivity contribution in [3.05, 3.63) is 44.0 Å². The van der Waals surface area contributed by atoms with Gasteiger partial charge in [0.1, 0.15) is 5.69 Å². The highest BCUT2D eigenvalue weighted by atomic mass is 19.1. The van der Waals surface area contributed by atoms with Crippen LogP contribution >= 0.6 is 0 Å². The van der Waals surface area contributed by atoms with Crippen LogP contribution in [0.15, 0.2) is 17.1 Å². The Balaban J connectivity index is 2.38. The number of ether oxygens (including phenoxy) is 1. The van der Waals surface area contributed by atoms with E-state index in [0.29, 0.717) is 5.52 Å². The van der Waals surface area contributed by atoms with Gasteiger partial charge in [0.2, 0.25) is 0 Å². The fourth-order valence-electron chi connectivity index (χ4n) is 3.11. The van der Waals surface area contributed by atoms with E-state index in [1.54, 1.807) is 4.57 Å². The second-order valence-electron chi connectivity index (χ2n) is 6.23. The number of nitrogens with zero attached hydrogens (tertiary/aromatic N) is 2. The lowest BCUT2D eigenvalue weighted by Crippen LogP contribution is -2.24. The molecule has 10 heteroatoms. The number of carbonyl (C=O) groups excluding carboxylic acids is 1. The third-order valence-electron chi connectivity index (χ3n) is 4.48. The highest BCUT2D eigenvalue weighted by Crippen LogP contribution is 2.42. The summed E-state index contributed by atoms with van der Waals surface area (Å²) in [5.41, 5.74) is -0.820. The first-order chi connectivity index (χ1) is 12.9. The fourth-order valence-corrected chi connectivity index (χ4v) is 3.11. The molecule has 1 fully saturated rings. The van der Waals surface area contributed by atoms with Crippen molar-refractivity contribution in [2.45, 2.75) is 24.9 Å². The number of nitrogens with one attached hydrogen (secondary N) is 1. The number of fused-ring (bicyclic) bond motifs is 1. The summed E-state index contributed by atoms with van der Waals surface area (Å²) in [6, 6.07) is -0.881. The van der Waals surface area contributed by atoms with Crippen LogP contribution in [-0.2, 0) is 4.79 Å². The van der Waals surface area contributed by atoms with Gasteiger partial charge in [0.15, 0.2) is 23.3 Å². The van der Waals surface area contributed by atoms with Gasteiger partial charge < -0.3 is 19.7 Å². The van der Waals surface area contributed by atoms with Crippen LogP contribution in [0, 0.1) is 15.9 Å². The lowest BCUT2D eigenvalue weighted by atomic mass is 10.0. The number of halogens is 1. The number of hydrogen-bond acceptors (Lipinski definition) is 7. The maximum Gasteiger partial charge on any atom is 0.297 e. The fraction of sp³-hybridized carbons (Fsp3) is 0.412. The predicted octanol–water partition coefficient (Wildman–Crippen LogP) is 1.41. The van der Waals surface area contributed by atoms with Crippen LogP contribution in [0.5, 0.6) is 5.75 Å². The molecule has 9 nitrogen and oxygen atoms in total. The number of benzene rings is 1. The Bertz CT molecular complexity index is 970. The minimum Gasteiger partial charge on any atom is -0.492 e. The summed E-state index contributed by atoms with van der Waals surface area (Å²) in [5.74, 6) is -0.731. The zero-order valence-corrected chi connectivity index (χ0v) is 14.5. The Labute approximate surface area is 152 Å². The molecule has 1 saturated carbocycles. The number of aliphatic hydroxyl groups is 1. The molecule has 0 bridgehead atoms. The summed E-state index contributed by atoms with van der Waals surface area (Å²) in [7, 11) is 1.32. The molecule has 0 radical (unpaired) electrons. The summed E-state index contributed by atoms with van der Waals surface area (Å²) in [6.45, 7) is -0.169. The minimum absolute atomic E-state index is 0.0122. The van der Waals surface area contributed by atoms with Crippen molar-refractivity contribution >= 4 is 22.9 Å².